The molecule has 0 saturated carbocycles. The number of hydrogen-bond acceptors (Lipinski definition) is 11. The second-order valence-corrected chi connectivity index (χ2v) is 15.5. The lowest BCUT2D eigenvalue weighted by molar-refractivity contribution is -0.134. The van der Waals surface area contributed by atoms with Gasteiger partial charge in [-0.05, 0) is 82.0 Å². The lowest BCUT2D eigenvalue weighted by atomic mass is 9.98. The number of amides is 7. The summed E-state index contributed by atoms with van der Waals surface area (Å²) in [5.74, 6) is -4.56. The molecule has 3 rings (SSSR count). The molecule has 20 heteroatoms. The van der Waals surface area contributed by atoms with Crippen LogP contribution < -0.4 is 59.6 Å². The minimum atomic E-state index is -1.14. The Morgan fingerprint density at radius 2 is 1.55 bits per heavy atom. The van der Waals surface area contributed by atoms with E-state index < -0.39 is 78.3 Å². The molecule has 1 aromatic heterocycles. The van der Waals surface area contributed by atoms with E-state index in [1.165, 1.54) is 19.1 Å². The predicted octanol–water partition coefficient (Wildman–Crippen LogP) is -0.871. The fourth-order valence-electron chi connectivity index (χ4n) is 6.44. The second-order valence-electron chi connectivity index (χ2n) is 15.5. The largest absolute Gasteiger partial charge is 0.423 e. The van der Waals surface area contributed by atoms with Crippen molar-refractivity contribution < 1.29 is 38.0 Å². The molecule has 7 amide bonds. The Balaban J connectivity index is 1.56. The Kier molecular flexibility index (Phi) is 18.9. The molecule has 2 aromatic rings. The van der Waals surface area contributed by atoms with Gasteiger partial charge in [-0.2, -0.15) is 0 Å². The van der Waals surface area contributed by atoms with Gasteiger partial charge < -0.3 is 58.4 Å². The summed E-state index contributed by atoms with van der Waals surface area (Å²) in [6.07, 6.45) is 2.80. The van der Waals surface area contributed by atoms with Crippen LogP contribution in [0.25, 0.3) is 11.0 Å². The van der Waals surface area contributed by atoms with Crippen LogP contribution in [0.15, 0.2) is 38.5 Å². The van der Waals surface area contributed by atoms with Crippen LogP contribution in [-0.4, -0.2) is 104 Å². The molecular formula is C40H61N11O9. The molecule has 0 aliphatic carbocycles. The Bertz CT molecular complexity index is 1940. The molecule has 1 fully saturated rings. The van der Waals surface area contributed by atoms with Gasteiger partial charge >= 0.3 is 5.63 Å². The number of aliphatic imine (C=N–C) groups is 1. The highest BCUT2D eigenvalue weighted by molar-refractivity contribution is 5.99. The molecule has 1 aliphatic heterocycles. The number of anilines is 1. The highest BCUT2D eigenvalue weighted by Crippen LogP contribution is 2.21. The minimum Gasteiger partial charge on any atom is -0.423 e. The smallest absolute Gasteiger partial charge is 0.336 e. The monoisotopic (exact) mass is 839 g/mol. The number of nitrogens with one attached hydrogen (secondary N) is 8. The van der Waals surface area contributed by atoms with E-state index in [0.717, 1.165) is 13.0 Å². The molecule has 0 bridgehead atoms. The molecule has 20 nitrogen and oxygen atoms in total. The summed E-state index contributed by atoms with van der Waals surface area (Å²) in [7, 11) is 0. The number of guanidine groups is 1. The zero-order valence-electron chi connectivity index (χ0n) is 35.2. The number of hydrogen-bond donors (Lipinski definition) is 10. The summed E-state index contributed by atoms with van der Waals surface area (Å²) >= 11 is 0. The van der Waals surface area contributed by atoms with Crippen LogP contribution >= 0.6 is 0 Å². The molecule has 0 unspecified atom stereocenters. The van der Waals surface area contributed by atoms with Crippen molar-refractivity contribution in [2.45, 2.75) is 110 Å². The van der Waals surface area contributed by atoms with Crippen LogP contribution in [0, 0.1) is 18.8 Å². The van der Waals surface area contributed by atoms with Crippen molar-refractivity contribution in [3.05, 3.63) is 40.2 Å². The van der Waals surface area contributed by atoms with Crippen LogP contribution in [0.1, 0.15) is 78.7 Å². The minimum absolute atomic E-state index is 0.0783. The van der Waals surface area contributed by atoms with Gasteiger partial charge in [-0.3, -0.25) is 38.6 Å². The van der Waals surface area contributed by atoms with E-state index in [4.69, 9.17) is 15.9 Å². The van der Waals surface area contributed by atoms with Gasteiger partial charge in [0.2, 0.25) is 41.4 Å². The molecule has 330 valence electrons. The van der Waals surface area contributed by atoms with Gasteiger partial charge in [0.15, 0.2) is 5.96 Å². The quantitative estimate of drug-likeness (QED) is 0.0300. The molecule has 60 heavy (non-hydrogen) atoms. The summed E-state index contributed by atoms with van der Waals surface area (Å²) in [6, 6.07) is 1.64. The number of aryl methyl sites for hydroxylation is 1. The molecule has 1 aliphatic rings. The van der Waals surface area contributed by atoms with Crippen molar-refractivity contribution in [2.75, 3.05) is 31.5 Å². The summed E-state index contributed by atoms with van der Waals surface area (Å²) in [4.78, 5) is 107. The maximum absolute atomic E-state index is 13.4. The maximum atomic E-state index is 13.4. The second kappa shape index (κ2) is 23.5. The van der Waals surface area contributed by atoms with E-state index in [0.29, 0.717) is 42.3 Å². The first-order valence-corrected chi connectivity index (χ1v) is 20.3. The first-order chi connectivity index (χ1) is 28.4. The van der Waals surface area contributed by atoms with Crippen molar-refractivity contribution in [1.29, 1.82) is 0 Å². The highest BCUT2D eigenvalue weighted by atomic mass is 16.4. The third-order valence-electron chi connectivity index (χ3n) is 9.94. The molecule has 0 radical (unpaired) electrons. The summed E-state index contributed by atoms with van der Waals surface area (Å²) in [5.41, 5.74) is 11.5. The van der Waals surface area contributed by atoms with E-state index in [2.05, 4.69) is 47.5 Å². The Morgan fingerprint density at radius 3 is 2.18 bits per heavy atom. The van der Waals surface area contributed by atoms with Crippen molar-refractivity contribution >= 4 is 64.0 Å². The number of carbonyl (C=O) groups is 7. The van der Waals surface area contributed by atoms with Gasteiger partial charge in [-0.25, -0.2) is 4.79 Å². The third kappa shape index (κ3) is 15.6. The lowest BCUT2D eigenvalue weighted by Crippen LogP contribution is -2.57. The average molecular weight is 840 g/mol. The van der Waals surface area contributed by atoms with Crippen LogP contribution in [0.3, 0.4) is 0 Å². The number of rotatable bonds is 22. The van der Waals surface area contributed by atoms with E-state index in [-0.39, 0.29) is 48.3 Å². The number of nitrogens with two attached hydrogens (primary N) is 2. The molecular weight excluding hydrogens is 779 g/mol. The normalized spacial score (nSPS) is 16.0. The van der Waals surface area contributed by atoms with Crippen molar-refractivity contribution in [3.8, 4) is 0 Å². The standard InChI is InChI=1S/C40H61N11O9/c1-7-22(4)34(51-32(53)20-46-36(56)29(16-21(2)3)50-37(57)27-10-8-14-43-27)39(59)47-24(6)35(55)45-19-31(52)49-28(11-9-15-44-40(41)42)38(58)48-25-12-13-26-23(5)17-33(54)60-30(26)18-25/h12-13,17-18,21-22,24,27-29,34,43H,7-11,14-16,19-20H2,1-6H3,(H,45,55)(H,46,56)(H,47,59)(H,48,58)(H,49,52)(H,50,57)(H,51,53)(H4,41,42,44)/t22-,24-,27+,28-,29-,34-/m0/s1. The topological polar surface area (TPSA) is 310 Å². The van der Waals surface area contributed by atoms with E-state index >= 15 is 0 Å². The third-order valence-corrected chi connectivity index (χ3v) is 9.94. The van der Waals surface area contributed by atoms with Gasteiger partial charge in [0.05, 0.1) is 19.1 Å². The van der Waals surface area contributed by atoms with E-state index in [9.17, 15) is 38.4 Å². The molecule has 0 spiro atoms. The number of fused-ring (bicyclic) bond motifs is 1. The van der Waals surface area contributed by atoms with E-state index in [1.807, 2.05) is 20.8 Å². The summed E-state index contributed by atoms with van der Waals surface area (Å²) < 4.78 is 5.27. The van der Waals surface area contributed by atoms with Crippen LogP contribution in [0.5, 0.6) is 0 Å². The van der Waals surface area contributed by atoms with Gasteiger partial charge in [0.1, 0.15) is 29.8 Å². The highest BCUT2D eigenvalue weighted by Gasteiger charge is 2.31. The Morgan fingerprint density at radius 1 is 0.867 bits per heavy atom. The summed E-state index contributed by atoms with van der Waals surface area (Å²) in [5, 5.41) is 22.1. The van der Waals surface area contributed by atoms with Crippen LogP contribution in [0.4, 0.5) is 5.69 Å². The molecule has 1 saturated heterocycles. The fraction of sp³-hybridized carbons (Fsp3) is 0.575. The lowest BCUT2D eigenvalue weighted by Gasteiger charge is -2.26. The van der Waals surface area contributed by atoms with Gasteiger partial charge in [0, 0.05) is 29.8 Å². The van der Waals surface area contributed by atoms with Gasteiger partial charge in [-0.15, -0.1) is 0 Å². The maximum Gasteiger partial charge on any atom is 0.336 e. The molecule has 12 N–H and O–H groups in total. The Hall–Kier alpha value is -6.05. The zero-order valence-corrected chi connectivity index (χ0v) is 35.2. The molecule has 6 atom stereocenters. The molecule has 1 aromatic carbocycles. The zero-order chi connectivity index (χ0) is 44.5. The first-order valence-electron chi connectivity index (χ1n) is 20.3. The molecule has 2 heterocycles. The SMILES string of the molecule is CC[C@H](C)[C@H](NC(=O)CNC(=O)[C@H](CC(C)C)NC(=O)[C@H]1CCCN1)C(=O)N[C@@H](C)C(=O)NCC(=O)N[C@@H](CCCN=C(N)N)C(=O)Nc1ccc2c(C)cc(=O)oc2c1. The van der Waals surface area contributed by atoms with E-state index in [1.54, 1.807) is 26.0 Å². The van der Waals surface area contributed by atoms with Gasteiger partial charge in [-0.1, -0.05) is 34.1 Å². The fourth-order valence-corrected chi connectivity index (χ4v) is 6.44. The van der Waals surface area contributed by atoms with Crippen molar-refractivity contribution in [1.82, 2.24) is 37.2 Å². The average Bonchev–Trinajstić information content (AvgIpc) is 3.73. The number of benzene rings is 1. The van der Waals surface area contributed by atoms with Crippen LogP contribution in [-0.2, 0) is 33.6 Å². The van der Waals surface area contributed by atoms with Crippen LogP contribution in [0.2, 0.25) is 0 Å². The first kappa shape index (κ1) is 48.3. The number of nitrogens with zero attached hydrogens (tertiary/aromatic N) is 1. The van der Waals surface area contributed by atoms with Crippen molar-refractivity contribution in [3.63, 3.8) is 0 Å². The Labute approximate surface area is 348 Å². The number of carbonyl (C=O) groups excluding carboxylic acids is 7. The predicted molar refractivity (Wildman–Crippen MR) is 225 cm³/mol. The summed E-state index contributed by atoms with van der Waals surface area (Å²) in [6.45, 7) is 10.4. The van der Waals surface area contributed by atoms with Crippen molar-refractivity contribution in [2.24, 2.45) is 28.3 Å². The van der Waals surface area contributed by atoms with Gasteiger partial charge in [0.25, 0.3) is 0 Å².